The molecule has 0 saturated carbocycles. The van der Waals surface area contributed by atoms with Crippen LogP contribution in [0.5, 0.6) is 0 Å². The van der Waals surface area contributed by atoms with Gasteiger partial charge in [0.1, 0.15) is 8.07 Å². The Morgan fingerprint density at radius 2 is 1.91 bits per heavy atom. The van der Waals surface area contributed by atoms with Crippen molar-refractivity contribution in [1.82, 2.24) is 0 Å². The van der Waals surface area contributed by atoms with Crippen LogP contribution in [0, 0.1) is 10.8 Å². The summed E-state index contributed by atoms with van der Waals surface area (Å²) in [6.07, 6.45) is 2.58. The molecular formula is C9H18SSi. The van der Waals surface area contributed by atoms with Crippen LogP contribution in [0.3, 0.4) is 0 Å². The number of unbranched alkanes of at least 4 members (excludes halogenated alkanes) is 1. The van der Waals surface area contributed by atoms with Crippen molar-refractivity contribution in [2.45, 2.75) is 39.4 Å². The van der Waals surface area contributed by atoms with Gasteiger partial charge >= 0.3 is 0 Å². The molecule has 0 rings (SSSR count). The van der Waals surface area contributed by atoms with Crippen molar-refractivity contribution in [2.24, 2.45) is 0 Å². The predicted molar refractivity (Wildman–Crippen MR) is 58.5 cm³/mol. The van der Waals surface area contributed by atoms with Crippen molar-refractivity contribution >= 4 is 19.8 Å². The molecule has 0 saturated heterocycles. The minimum absolute atomic E-state index is 1.10. The van der Waals surface area contributed by atoms with Gasteiger partial charge in [-0.05, 0) is 11.7 Å². The van der Waals surface area contributed by atoms with Gasteiger partial charge in [0.2, 0.25) is 0 Å². The van der Waals surface area contributed by atoms with Gasteiger partial charge < -0.3 is 0 Å². The van der Waals surface area contributed by atoms with E-state index in [1.54, 1.807) is 11.8 Å². The molecule has 0 aromatic rings. The molecule has 0 aliphatic heterocycles. The van der Waals surface area contributed by atoms with Crippen molar-refractivity contribution < 1.29 is 0 Å². The summed E-state index contributed by atoms with van der Waals surface area (Å²) in [5.41, 5.74) is 3.33. The first-order chi connectivity index (χ1) is 5.06. The topological polar surface area (TPSA) is 0 Å². The van der Waals surface area contributed by atoms with Gasteiger partial charge in [-0.1, -0.05) is 44.7 Å². The summed E-state index contributed by atoms with van der Waals surface area (Å²) in [6, 6.07) is 0. The van der Waals surface area contributed by atoms with Crippen LogP contribution in [0.15, 0.2) is 0 Å². The van der Waals surface area contributed by atoms with E-state index in [1.165, 1.54) is 18.6 Å². The Morgan fingerprint density at radius 1 is 1.27 bits per heavy atom. The van der Waals surface area contributed by atoms with E-state index in [-0.39, 0.29) is 0 Å². The lowest BCUT2D eigenvalue weighted by Crippen LogP contribution is -2.16. The molecule has 64 valence electrons. The monoisotopic (exact) mass is 186 g/mol. The zero-order valence-corrected chi connectivity index (χ0v) is 9.85. The normalized spacial score (nSPS) is 10.5. The highest BCUT2D eigenvalue weighted by atomic mass is 32.2. The molecule has 0 heterocycles. The van der Waals surface area contributed by atoms with Gasteiger partial charge in [-0.3, -0.25) is 0 Å². The maximum Gasteiger partial charge on any atom is 0.130 e. The van der Waals surface area contributed by atoms with Crippen LogP contribution in [-0.4, -0.2) is 13.8 Å². The fourth-order valence-electron chi connectivity index (χ4n) is 0.457. The van der Waals surface area contributed by atoms with Gasteiger partial charge in [0.05, 0.1) is 0 Å². The third-order valence-corrected chi connectivity index (χ3v) is 2.89. The van der Waals surface area contributed by atoms with Crippen molar-refractivity contribution in [3.05, 3.63) is 0 Å². The van der Waals surface area contributed by atoms with Crippen LogP contribution in [0.25, 0.3) is 0 Å². The highest BCUT2D eigenvalue weighted by molar-refractivity contribution is 8.03. The summed E-state index contributed by atoms with van der Waals surface area (Å²) in [5.74, 6) is 1.20. The van der Waals surface area contributed by atoms with E-state index >= 15 is 0 Å². The third-order valence-electron chi connectivity index (χ3n) is 1.10. The minimum Gasteiger partial charge on any atom is -0.120 e. The average molecular weight is 186 g/mol. The van der Waals surface area contributed by atoms with Crippen molar-refractivity contribution in [2.75, 3.05) is 5.75 Å². The quantitative estimate of drug-likeness (QED) is 0.370. The van der Waals surface area contributed by atoms with Crippen molar-refractivity contribution in [3.63, 3.8) is 0 Å². The summed E-state index contributed by atoms with van der Waals surface area (Å²) in [5, 5.41) is 3.19. The first kappa shape index (κ1) is 11.1. The minimum atomic E-state index is -1.10. The Labute approximate surface area is 76.2 Å². The Bertz CT molecular complexity index is 147. The molecule has 0 amide bonds. The Morgan fingerprint density at radius 3 is 2.36 bits per heavy atom. The molecule has 0 spiro atoms. The predicted octanol–water partition coefficient (Wildman–Crippen LogP) is 3.36. The van der Waals surface area contributed by atoms with E-state index in [2.05, 4.69) is 37.4 Å². The molecule has 0 aromatic carbocycles. The molecule has 0 nitrogen and oxygen atoms in total. The summed E-state index contributed by atoms with van der Waals surface area (Å²) in [4.78, 5) is 0. The molecule has 0 unspecified atom stereocenters. The van der Waals surface area contributed by atoms with E-state index in [9.17, 15) is 0 Å². The summed E-state index contributed by atoms with van der Waals surface area (Å²) >= 11 is 1.78. The second-order valence-corrected chi connectivity index (χ2v) is 9.33. The molecule has 0 aliphatic rings. The molecule has 11 heavy (non-hydrogen) atoms. The molecule has 0 atom stereocenters. The molecule has 0 aliphatic carbocycles. The van der Waals surface area contributed by atoms with Crippen LogP contribution in [0.1, 0.15) is 19.8 Å². The highest BCUT2D eigenvalue weighted by Crippen LogP contribution is 2.04. The van der Waals surface area contributed by atoms with Crippen LogP contribution in [0.2, 0.25) is 19.6 Å². The van der Waals surface area contributed by atoms with E-state index in [0.29, 0.717) is 0 Å². The van der Waals surface area contributed by atoms with E-state index < -0.39 is 8.07 Å². The lowest BCUT2D eigenvalue weighted by atomic mass is 10.4. The van der Waals surface area contributed by atoms with Crippen molar-refractivity contribution in [3.8, 4) is 10.8 Å². The Kier molecular flexibility index (Phi) is 5.80. The lowest BCUT2D eigenvalue weighted by Gasteiger charge is -2.02. The smallest absolute Gasteiger partial charge is 0.120 e. The maximum absolute atomic E-state index is 3.33. The maximum atomic E-state index is 3.33. The summed E-state index contributed by atoms with van der Waals surface area (Å²) in [6.45, 7) is 9.05. The lowest BCUT2D eigenvalue weighted by molar-refractivity contribution is 0.898. The SMILES string of the molecule is CCCCSC#C[Si](C)(C)C. The van der Waals surface area contributed by atoms with Gasteiger partial charge in [-0.15, -0.1) is 5.54 Å². The molecule has 0 aromatic heterocycles. The number of rotatable bonds is 3. The Hall–Kier alpha value is 0.127. The van der Waals surface area contributed by atoms with Gasteiger partial charge in [0.15, 0.2) is 0 Å². The van der Waals surface area contributed by atoms with E-state index in [4.69, 9.17) is 0 Å². The molecule has 0 radical (unpaired) electrons. The summed E-state index contributed by atoms with van der Waals surface area (Å²) < 4.78 is 0. The summed E-state index contributed by atoms with van der Waals surface area (Å²) in [7, 11) is -1.10. The standard InChI is InChI=1S/C9H18SSi/c1-5-6-7-10-8-9-11(2,3)4/h5-7H2,1-4H3. The zero-order chi connectivity index (χ0) is 8.74. The second-order valence-electron chi connectivity index (χ2n) is 3.68. The first-order valence-electron chi connectivity index (χ1n) is 4.20. The van der Waals surface area contributed by atoms with E-state index in [0.717, 1.165) is 0 Å². The second kappa shape index (κ2) is 5.74. The fraction of sp³-hybridized carbons (Fsp3) is 0.778. The largest absolute Gasteiger partial charge is 0.130 e. The van der Waals surface area contributed by atoms with Gasteiger partial charge in [-0.25, -0.2) is 0 Å². The molecule has 0 N–H and O–H groups in total. The van der Waals surface area contributed by atoms with Crippen molar-refractivity contribution in [1.29, 1.82) is 0 Å². The third kappa shape index (κ3) is 10.1. The van der Waals surface area contributed by atoms with Gasteiger partial charge in [-0.2, -0.15) is 0 Å². The van der Waals surface area contributed by atoms with Crippen LogP contribution in [0.4, 0.5) is 0 Å². The zero-order valence-electron chi connectivity index (χ0n) is 8.03. The molecule has 2 heteroatoms. The average Bonchev–Trinajstić information content (AvgIpc) is 1.85. The number of hydrogen-bond donors (Lipinski definition) is 0. The van der Waals surface area contributed by atoms with Gasteiger partial charge in [0, 0.05) is 5.75 Å². The number of hydrogen-bond acceptors (Lipinski definition) is 1. The highest BCUT2D eigenvalue weighted by Gasteiger charge is 2.06. The fourth-order valence-corrected chi connectivity index (χ4v) is 2.51. The molecule has 0 fully saturated rings. The van der Waals surface area contributed by atoms with Crippen LogP contribution in [-0.2, 0) is 0 Å². The number of thioether (sulfide) groups is 1. The molecular weight excluding hydrogens is 168 g/mol. The first-order valence-corrected chi connectivity index (χ1v) is 8.69. The van der Waals surface area contributed by atoms with E-state index in [1.807, 2.05) is 0 Å². The van der Waals surface area contributed by atoms with Crippen LogP contribution < -0.4 is 0 Å². The van der Waals surface area contributed by atoms with Crippen LogP contribution >= 0.6 is 11.8 Å². The van der Waals surface area contributed by atoms with Gasteiger partial charge in [0.25, 0.3) is 0 Å². The molecule has 0 bridgehead atoms. The Balaban J connectivity index is 3.41.